The van der Waals surface area contributed by atoms with E-state index in [1.54, 1.807) is 14.2 Å². The lowest BCUT2D eigenvalue weighted by atomic mass is 9.84. The summed E-state index contributed by atoms with van der Waals surface area (Å²) >= 11 is 0. The quantitative estimate of drug-likeness (QED) is 0.115. The Labute approximate surface area is 313 Å². The molecule has 11 nitrogen and oxygen atoms in total. The van der Waals surface area contributed by atoms with Crippen molar-refractivity contribution in [2.75, 3.05) is 35.0 Å². The lowest BCUT2D eigenvalue weighted by Crippen LogP contribution is -2.61. The Hall–Kier alpha value is -3.23. The van der Waals surface area contributed by atoms with E-state index in [1.165, 1.54) is 14.2 Å². The molecule has 3 aromatic rings. The van der Waals surface area contributed by atoms with Gasteiger partial charge in [-0.25, -0.2) is 4.79 Å². The fourth-order valence-electron chi connectivity index (χ4n) is 7.39. The molecule has 0 bridgehead atoms. The number of unbranched alkanes of at least 4 members (excludes halogenated alkanes) is 2. The van der Waals surface area contributed by atoms with Crippen molar-refractivity contribution >= 4 is 5.97 Å². The number of carbonyl (C=O) groups excluding carboxylic acids is 1. The number of methoxy groups -OCH3 is 4. The highest BCUT2D eigenvalue weighted by molar-refractivity contribution is 5.75. The number of ether oxygens (including phenoxy) is 9. The highest BCUT2D eigenvalue weighted by atomic mass is 16.7. The van der Waals surface area contributed by atoms with E-state index >= 15 is 0 Å². The van der Waals surface area contributed by atoms with Crippen molar-refractivity contribution in [3.63, 3.8) is 0 Å². The third-order valence-electron chi connectivity index (χ3n) is 10.2. The van der Waals surface area contributed by atoms with E-state index in [1.807, 2.05) is 78.9 Å². The summed E-state index contributed by atoms with van der Waals surface area (Å²) < 4.78 is 54.5. The monoisotopic (exact) mass is 736 g/mol. The molecular formula is C42H56O11. The van der Waals surface area contributed by atoms with Gasteiger partial charge in [-0.15, -0.1) is 0 Å². The van der Waals surface area contributed by atoms with Crippen LogP contribution in [0, 0.1) is 5.92 Å². The second kappa shape index (κ2) is 21.6. The predicted octanol–water partition coefficient (Wildman–Crippen LogP) is 5.64. The topological polar surface area (TPSA) is 120 Å². The van der Waals surface area contributed by atoms with Gasteiger partial charge in [0.1, 0.15) is 24.4 Å². The molecule has 0 saturated carbocycles. The van der Waals surface area contributed by atoms with Crippen LogP contribution in [0.1, 0.15) is 48.8 Å². The van der Waals surface area contributed by atoms with Crippen LogP contribution in [0.2, 0.25) is 0 Å². The minimum atomic E-state index is -1.21. The molecule has 1 N–H and O–H groups in total. The Balaban J connectivity index is 1.30. The summed E-state index contributed by atoms with van der Waals surface area (Å²) in [7, 11) is 5.96. The third kappa shape index (κ3) is 11.4. The summed E-state index contributed by atoms with van der Waals surface area (Å²) in [5.74, 6) is -0.715. The van der Waals surface area contributed by atoms with Gasteiger partial charge in [-0.05, 0) is 29.5 Å². The number of rotatable bonds is 20. The first-order valence-corrected chi connectivity index (χ1v) is 18.5. The van der Waals surface area contributed by atoms with Crippen LogP contribution in [0.25, 0.3) is 0 Å². The summed E-state index contributed by atoms with van der Waals surface area (Å²) in [5.41, 5.74) is 3.20. The van der Waals surface area contributed by atoms with Crippen LogP contribution in [-0.4, -0.2) is 101 Å². The average Bonchev–Trinajstić information content (AvgIpc) is 3.20. The van der Waals surface area contributed by atoms with E-state index in [0.29, 0.717) is 32.8 Å². The number of hydrogen-bond donors (Lipinski definition) is 1. The van der Waals surface area contributed by atoms with Crippen molar-refractivity contribution in [2.24, 2.45) is 5.92 Å². The second-order valence-corrected chi connectivity index (χ2v) is 13.6. The van der Waals surface area contributed by atoms with Crippen LogP contribution >= 0.6 is 0 Å². The smallest absolute Gasteiger partial charge is 0.337 e. The molecule has 11 heteroatoms. The van der Waals surface area contributed by atoms with Gasteiger partial charge in [0, 0.05) is 27.2 Å². The Bertz CT molecular complexity index is 1450. The molecule has 10 unspecified atom stereocenters. The average molecular weight is 737 g/mol. The van der Waals surface area contributed by atoms with Gasteiger partial charge in [-0.3, -0.25) is 0 Å². The lowest BCUT2D eigenvalue weighted by molar-refractivity contribution is -0.306. The first-order valence-electron chi connectivity index (χ1n) is 18.5. The van der Waals surface area contributed by atoms with Gasteiger partial charge in [0.15, 0.2) is 12.4 Å². The molecule has 53 heavy (non-hydrogen) atoms. The highest BCUT2D eigenvalue weighted by Crippen LogP contribution is 2.36. The number of benzene rings is 3. The van der Waals surface area contributed by atoms with Crippen molar-refractivity contribution in [3.05, 3.63) is 108 Å². The van der Waals surface area contributed by atoms with Crippen LogP contribution in [0.15, 0.2) is 91.0 Å². The SMILES string of the molecule is COC(=O)C1OC(CCCCCC2C(COCc3ccccc3)OC(OC)C(OCc3ccccc3)C2OCc2ccccc2)C(OC)C(OC)C1O. The zero-order chi connectivity index (χ0) is 37.4. The number of aliphatic hydroxyl groups is 1. The third-order valence-corrected chi connectivity index (χ3v) is 10.2. The molecule has 0 amide bonds. The maximum atomic E-state index is 12.4. The van der Waals surface area contributed by atoms with Crippen LogP contribution in [0.4, 0.5) is 0 Å². The molecule has 2 aliphatic heterocycles. The van der Waals surface area contributed by atoms with Crippen molar-refractivity contribution in [2.45, 2.75) is 107 Å². The summed E-state index contributed by atoms with van der Waals surface area (Å²) in [5, 5.41) is 10.8. The van der Waals surface area contributed by atoms with Crippen LogP contribution < -0.4 is 0 Å². The summed E-state index contributed by atoms with van der Waals surface area (Å²) in [6.07, 6.45) is -2.03. The van der Waals surface area contributed by atoms with Crippen molar-refractivity contribution in [1.82, 2.24) is 0 Å². The van der Waals surface area contributed by atoms with Gasteiger partial charge in [-0.2, -0.15) is 0 Å². The Morgan fingerprint density at radius 1 is 0.604 bits per heavy atom. The summed E-state index contributed by atoms with van der Waals surface area (Å²) in [6.45, 7) is 1.61. The van der Waals surface area contributed by atoms with Gasteiger partial charge in [-0.1, -0.05) is 110 Å². The van der Waals surface area contributed by atoms with E-state index in [-0.39, 0.29) is 18.1 Å². The fourth-order valence-corrected chi connectivity index (χ4v) is 7.39. The number of carbonyl (C=O) groups is 1. The van der Waals surface area contributed by atoms with Gasteiger partial charge in [0.25, 0.3) is 0 Å². The zero-order valence-corrected chi connectivity index (χ0v) is 31.3. The van der Waals surface area contributed by atoms with Crippen LogP contribution in [-0.2, 0) is 67.2 Å². The number of esters is 1. The number of aliphatic hydroxyl groups excluding tert-OH is 1. The first kappa shape index (κ1) is 40.9. The van der Waals surface area contributed by atoms with Crippen molar-refractivity contribution < 1.29 is 52.5 Å². The lowest BCUT2D eigenvalue weighted by Gasteiger charge is -2.46. The molecule has 0 aromatic heterocycles. The molecule has 3 aromatic carbocycles. The normalized spacial score (nSPS) is 28.8. The Morgan fingerprint density at radius 3 is 1.70 bits per heavy atom. The molecule has 290 valence electrons. The van der Waals surface area contributed by atoms with E-state index in [0.717, 1.165) is 42.4 Å². The van der Waals surface area contributed by atoms with Crippen molar-refractivity contribution in [3.8, 4) is 0 Å². The second-order valence-electron chi connectivity index (χ2n) is 13.6. The molecule has 2 saturated heterocycles. The van der Waals surface area contributed by atoms with Gasteiger partial charge >= 0.3 is 5.97 Å². The van der Waals surface area contributed by atoms with Gasteiger partial charge < -0.3 is 47.7 Å². The highest BCUT2D eigenvalue weighted by Gasteiger charge is 2.49. The maximum Gasteiger partial charge on any atom is 0.337 e. The van der Waals surface area contributed by atoms with Crippen LogP contribution in [0.3, 0.4) is 0 Å². The van der Waals surface area contributed by atoms with Crippen molar-refractivity contribution in [1.29, 1.82) is 0 Å². The first-order chi connectivity index (χ1) is 26.0. The minimum absolute atomic E-state index is 0.0731. The minimum Gasteiger partial charge on any atom is -0.467 e. The molecule has 2 heterocycles. The zero-order valence-electron chi connectivity index (χ0n) is 31.3. The van der Waals surface area contributed by atoms with E-state index in [2.05, 4.69) is 12.1 Å². The number of hydrogen-bond acceptors (Lipinski definition) is 11. The molecule has 0 spiro atoms. The van der Waals surface area contributed by atoms with Crippen LogP contribution in [0.5, 0.6) is 0 Å². The van der Waals surface area contributed by atoms with E-state index in [4.69, 9.17) is 42.6 Å². The molecule has 10 atom stereocenters. The van der Waals surface area contributed by atoms with E-state index < -0.39 is 48.9 Å². The van der Waals surface area contributed by atoms with Gasteiger partial charge in [0.2, 0.25) is 0 Å². The van der Waals surface area contributed by atoms with Gasteiger partial charge in [0.05, 0.1) is 51.8 Å². The molecular weight excluding hydrogens is 680 g/mol. The predicted molar refractivity (Wildman–Crippen MR) is 197 cm³/mol. The fraction of sp³-hybridized carbons (Fsp3) is 0.548. The largest absolute Gasteiger partial charge is 0.467 e. The molecule has 2 fully saturated rings. The Kier molecular flexibility index (Phi) is 16.7. The molecule has 5 rings (SSSR count). The standard InChI is InChI=1S/C42H56O11/c1-45-37-33(52-39(41(44)47-3)35(43)38(37)46-2)24-16-8-15-23-32-34(28-49-25-29-17-9-5-10-18-29)53-42(48-4)40(51-27-31-21-13-7-14-22-31)36(32)50-26-30-19-11-6-12-20-30/h5-7,9-14,17-22,32-40,42-43H,8,15-16,23-28H2,1-4H3. The Morgan fingerprint density at radius 2 is 1.15 bits per heavy atom. The molecule has 0 radical (unpaired) electrons. The maximum absolute atomic E-state index is 12.4. The molecule has 2 aliphatic rings. The van der Waals surface area contributed by atoms with E-state index in [9.17, 15) is 9.90 Å². The summed E-state index contributed by atoms with van der Waals surface area (Å²) in [6, 6.07) is 30.3. The summed E-state index contributed by atoms with van der Waals surface area (Å²) in [4.78, 5) is 12.4. The molecule has 0 aliphatic carbocycles.